The zero-order valence-corrected chi connectivity index (χ0v) is 10.1. The van der Waals surface area contributed by atoms with Gasteiger partial charge in [-0.15, -0.1) is 0 Å². The van der Waals surface area contributed by atoms with Crippen molar-refractivity contribution in [3.05, 3.63) is 81.0 Å². The smallest absolute Gasteiger partial charge is 0.269 e. The van der Waals surface area contributed by atoms with Crippen LogP contribution in [0.15, 0.2) is 54.6 Å². The third-order valence-corrected chi connectivity index (χ3v) is 2.58. The van der Waals surface area contributed by atoms with Crippen molar-refractivity contribution in [1.82, 2.24) is 0 Å². The second-order valence-electron chi connectivity index (χ2n) is 4.04. The fraction of sp³-hybridized carbons (Fsp3) is 0.0714. The van der Waals surface area contributed by atoms with Gasteiger partial charge >= 0.3 is 0 Å². The summed E-state index contributed by atoms with van der Waals surface area (Å²) in [5, 5.41) is 22.2. The summed E-state index contributed by atoms with van der Waals surface area (Å²) >= 11 is 0. The van der Waals surface area contributed by atoms with Crippen LogP contribution in [-0.4, -0.2) is 15.9 Å². The first-order valence-corrected chi connectivity index (χ1v) is 5.72. The highest BCUT2D eigenvalue weighted by atomic mass is 16.6. The van der Waals surface area contributed by atoms with Gasteiger partial charge < -0.3 is 5.21 Å². The van der Waals surface area contributed by atoms with E-state index in [4.69, 9.17) is 0 Å². The summed E-state index contributed by atoms with van der Waals surface area (Å²) in [4.78, 5) is 10.0. The molecule has 0 aliphatic carbocycles. The molecule has 0 amide bonds. The molecule has 0 aliphatic rings. The first-order valence-electron chi connectivity index (χ1n) is 5.72. The Balaban J connectivity index is 2.10. The topological polar surface area (TPSA) is 69.2 Å². The number of nitro benzene ring substituents is 1. The second kappa shape index (κ2) is 5.77. The lowest BCUT2D eigenvalue weighted by molar-refractivity contribution is -0.469. The van der Waals surface area contributed by atoms with Crippen molar-refractivity contribution in [2.24, 2.45) is 0 Å². The standard InChI is InChI=1S/C14H12N2O3/c17-15(10-12-4-2-1-3-5-12)11-13-6-8-14(9-7-13)16(18)19/h1-9,11H,10H2. The maximum absolute atomic E-state index is 11.7. The monoisotopic (exact) mass is 256 g/mol. The van der Waals surface area contributed by atoms with Crippen LogP contribution in [0, 0.1) is 15.3 Å². The molecular formula is C14H12N2O3. The molecule has 0 aliphatic heterocycles. The molecule has 0 saturated heterocycles. The normalized spacial score (nSPS) is 11.3. The van der Waals surface area contributed by atoms with E-state index in [0.29, 0.717) is 5.56 Å². The van der Waals surface area contributed by atoms with Gasteiger partial charge in [-0.3, -0.25) is 10.1 Å². The summed E-state index contributed by atoms with van der Waals surface area (Å²) in [6.45, 7) is 0.248. The lowest BCUT2D eigenvalue weighted by Gasteiger charge is -2.03. The van der Waals surface area contributed by atoms with Gasteiger partial charge in [0.15, 0.2) is 12.8 Å². The fourth-order valence-electron chi connectivity index (χ4n) is 1.66. The Morgan fingerprint density at radius 2 is 1.58 bits per heavy atom. The van der Waals surface area contributed by atoms with Crippen LogP contribution in [0.4, 0.5) is 5.69 Å². The molecule has 96 valence electrons. The summed E-state index contributed by atoms with van der Waals surface area (Å²) in [6, 6.07) is 15.2. The van der Waals surface area contributed by atoms with E-state index in [-0.39, 0.29) is 12.2 Å². The number of rotatable bonds is 4. The first kappa shape index (κ1) is 12.8. The van der Waals surface area contributed by atoms with Gasteiger partial charge in [-0.1, -0.05) is 30.3 Å². The molecule has 5 nitrogen and oxygen atoms in total. The lowest BCUT2D eigenvalue weighted by atomic mass is 10.2. The minimum absolute atomic E-state index is 0.0117. The minimum Gasteiger partial charge on any atom is -0.624 e. The van der Waals surface area contributed by atoms with Gasteiger partial charge in [-0.05, 0) is 12.1 Å². The number of non-ortho nitro benzene ring substituents is 1. The van der Waals surface area contributed by atoms with Crippen LogP contribution in [0.2, 0.25) is 0 Å². The van der Waals surface area contributed by atoms with E-state index in [2.05, 4.69) is 0 Å². The zero-order valence-electron chi connectivity index (χ0n) is 10.1. The molecule has 0 bridgehead atoms. The predicted octanol–water partition coefficient (Wildman–Crippen LogP) is 2.72. The molecule has 0 atom stereocenters. The van der Waals surface area contributed by atoms with Crippen molar-refractivity contribution in [2.75, 3.05) is 0 Å². The molecule has 5 heteroatoms. The van der Waals surface area contributed by atoms with Crippen LogP contribution in [0.25, 0.3) is 0 Å². The summed E-state index contributed by atoms with van der Waals surface area (Å²) in [7, 11) is 0. The van der Waals surface area contributed by atoms with Crippen molar-refractivity contribution < 1.29 is 9.66 Å². The highest BCUT2D eigenvalue weighted by Crippen LogP contribution is 2.10. The third kappa shape index (κ3) is 3.64. The number of hydroxylamine groups is 1. The summed E-state index contributed by atoms with van der Waals surface area (Å²) in [5.74, 6) is 0. The molecule has 0 fully saturated rings. The molecule has 0 aromatic heterocycles. The average molecular weight is 256 g/mol. The van der Waals surface area contributed by atoms with Crippen LogP contribution in [0.5, 0.6) is 0 Å². The SMILES string of the molecule is O=[N+]([O-])c1ccc(C=[N+]([O-])Cc2ccccc2)cc1. The van der Waals surface area contributed by atoms with Crippen molar-refractivity contribution in [3.8, 4) is 0 Å². The van der Waals surface area contributed by atoms with E-state index in [0.717, 1.165) is 10.3 Å². The summed E-state index contributed by atoms with van der Waals surface area (Å²) < 4.78 is 0.802. The molecule has 0 heterocycles. The molecule has 0 unspecified atom stereocenters. The second-order valence-corrected chi connectivity index (χ2v) is 4.04. The van der Waals surface area contributed by atoms with E-state index in [1.165, 1.54) is 18.3 Å². The highest BCUT2D eigenvalue weighted by molar-refractivity contribution is 5.76. The Hall–Kier alpha value is -2.69. The van der Waals surface area contributed by atoms with E-state index in [1.54, 1.807) is 12.1 Å². The molecule has 19 heavy (non-hydrogen) atoms. The number of hydrogen-bond acceptors (Lipinski definition) is 3. The van der Waals surface area contributed by atoms with E-state index in [1.807, 2.05) is 30.3 Å². The van der Waals surface area contributed by atoms with Gasteiger partial charge in [0, 0.05) is 23.3 Å². The van der Waals surface area contributed by atoms with Crippen LogP contribution >= 0.6 is 0 Å². The van der Waals surface area contributed by atoms with E-state index in [9.17, 15) is 15.3 Å². The van der Waals surface area contributed by atoms with E-state index < -0.39 is 4.92 Å². The van der Waals surface area contributed by atoms with Crippen molar-refractivity contribution in [1.29, 1.82) is 0 Å². The van der Waals surface area contributed by atoms with Crippen LogP contribution < -0.4 is 0 Å². The largest absolute Gasteiger partial charge is 0.624 e. The molecule has 0 N–H and O–H groups in total. The van der Waals surface area contributed by atoms with E-state index >= 15 is 0 Å². The molecule has 0 saturated carbocycles. The molecule has 2 rings (SSSR count). The Bertz CT molecular complexity index is 592. The highest BCUT2D eigenvalue weighted by Gasteiger charge is 2.04. The number of nitro groups is 1. The van der Waals surface area contributed by atoms with Gasteiger partial charge in [0.25, 0.3) is 5.69 Å². The van der Waals surface area contributed by atoms with Gasteiger partial charge in [0.2, 0.25) is 0 Å². The maximum atomic E-state index is 11.7. The summed E-state index contributed by atoms with van der Waals surface area (Å²) in [6.07, 6.45) is 1.41. The average Bonchev–Trinajstić information content (AvgIpc) is 2.40. The molecule has 2 aromatic carbocycles. The zero-order chi connectivity index (χ0) is 13.7. The van der Waals surface area contributed by atoms with Gasteiger partial charge in [-0.25, -0.2) is 4.74 Å². The van der Waals surface area contributed by atoms with Gasteiger partial charge in [0.1, 0.15) is 0 Å². The summed E-state index contributed by atoms with van der Waals surface area (Å²) in [5.41, 5.74) is 1.56. The van der Waals surface area contributed by atoms with Gasteiger partial charge in [0.05, 0.1) is 4.92 Å². The number of hydrogen-bond donors (Lipinski definition) is 0. The minimum atomic E-state index is -0.470. The van der Waals surface area contributed by atoms with Crippen LogP contribution in [0.3, 0.4) is 0 Å². The Labute approximate surface area is 110 Å². The first-order chi connectivity index (χ1) is 9.15. The van der Waals surface area contributed by atoms with Crippen molar-refractivity contribution in [3.63, 3.8) is 0 Å². The molecular weight excluding hydrogens is 244 g/mol. The maximum Gasteiger partial charge on any atom is 0.269 e. The molecule has 0 radical (unpaired) electrons. The molecule has 2 aromatic rings. The lowest BCUT2D eigenvalue weighted by Crippen LogP contribution is -2.05. The third-order valence-electron chi connectivity index (χ3n) is 2.58. The number of nitrogens with zero attached hydrogens (tertiary/aromatic N) is 2. The Morgan fingerprint density at radius 1 is 0.947 bits per heavy atom. The molecule has 0 spiro atoms. The van der Waals surface area contributed by atoms with Crippen molar-refractivity contribution >= 4 is 11.9 Å². The Morgan fingerprint density at radius 3 is 2.16 bits per heavy atom. The van der Waals surface area contributed by atoms with Crippen LogP contribution in [0.1, 0.15) is 11.1 Å². The van der Waals surface area contributed by atoms with Gasteiger partial charge in [-0.2, -0.15) is 0 Å². The predicted molar refractivity (Wildman–Crippen MR) is 72.0 cm³/mol. The number of benzene rings is 2. The van der Waals surface area contributed by atoms with Crippen LogP contribution in [-0.2, 0) is 6.54 Å². The Kier molecular flexibility index (Phi) is 3.87. The van der Waals surface area contributed by atoms with Crippen molar-refractivity contribution in [2.45, 2.75) is 6.54 Å². The quantitative estimate of drug-likeness (QED) is 0.277. The fourth-order valence-corrected chi connectivity index (χ4v) is 1.66.